The normalized spacial score (nSPS) is 13.1. The van der Waals surface area contributed by atoms with E-state index in [-0.39, 0.29) is 6.04 Å². The van der Waals surface area contributed by atoms with Crippen LogP contribution in [0.4, 0.5) is 0 Å². The molecule has 0 atom stereocenters. The molecule has 0 unspecified atom stereocenters. The predicted octanol–water partition coefficient (Wildman–Crippen LogP) is -0.148. The van der Waals surface area contributed by atoms with Crippen molar-refractivity contribution >= 4 is 10.2 Å². The molecular formula is C8H21N3O2S. The molecule has 0 aromatic carbocycles. The van der Waals surface area contributed by atoms with E-state index < -0.39 is 10.2 Å². The number of rotatable bonds is 6. The van der Waals surface area contributed by atoms with Crippen LogP contribution in [-0.2, 0) is 10.2 Å². The van der Waals surface area contributed by atoms with Gasteiger partial charge in [-0.2, -0.15) is 17.0 Å². The van der Waals surface area contributed by atoms with Crippen LogP contribution >= 0.6 is 0 Å². The third-order valence-electron chi connectivity index (χ3n) is 1.92. The molecule has 0 saturated carbocycles. The third-order valence-corrected chi connectivity index (χ3v) is 4.04. The quantitative estimate of drug-likeness (QED) is 0.681. The zero-order chi connectivity index (χ0) is 11.4. The van der Waals surface area contributed by atoms with Crippen LogP contribution in [0.3, 0.4) is 0 Å². The Hall–Kier alpha value is -0.170. The minimum Gasteiger partial charge on any atom is -0.330 e. The fraction of sp³-hybridized carbons (Fsp3) is 1.00. The summed E-state index contributed by atoms with van der Waals surface area (Å²) in [6, 6.07) is -0.0334. The third kappa shape index (κ3) is 3.53. The smallest absolute Gasteiger partial charge is 0.281 e. The van der Waals surface area contributed by atoms with Crippen LogP contribution in [0.5, 0.6) is 0 Å². The second-order valence-corrected chi connectivity index (χ2v) is 5.73. The monoisotopic (exact) mass is 223 g/mol. The van der Waals surface area contributed by atoms with Crippen LogP contribution in [-0.4, -0.2) is 50.3 Å². The first-order valence-electron chi connectivity index (χ1n) is 4.73. The molecule has 6 heteroatoms. The molecule has 2 N–H and O–H groups in total. The lowest BCUT2D eigenvalue weighted by atomic mass is 10.3. The zero-order valence-corrected chi connectivity index (χ0v) is 10.2. The Kier molecular flexibility index (Phi) is 5.58. The van der Waals surface area contributed by atoms with Gasteiger partial charge in [-0.3, -0.25) is 0 Å². The molecule has 0 aliphatic heterocycles. The molecule has 0 fully saturated rings. The summed E-state index contributed by atoms with van der Waals surface area (Å²) in [7, 11) is -0.230. The van der Waals surface area contributed by atoms with Crippen molar-refractivity contribution in [3.63, 3.8) is 0 Å². The van der Waals surface area contributed by atoms with E-state index in [1.807, 2.05) is 13.8 Å². The first kappa shape index (κ1) is 13.8. The number of nitrogens with two attached hydrogens (primary N) is 1. The molecule has 0 saturated heterocycles. The van der Waals surface area contributed by atoms with E-state index in [1.54, 1.807) is 0 Å². The maximum atomic E-state index is 11.8. The maximum absolute atomic E-state index is 11.8. The van der Waals surface area contributed by atoms with Gasteiger partial charge >= 0.3 is 0 Å². The second-order valence-electron chi connectivity index (χ2n) is 3.64. The molecule has 0 aromatic rings. The summed E-state index contributed by atoms with van der Waals surface area (Å²) >= 11 is 0. The topological polar surface area (TPSA) is 66.6 Å². The van der Waals surface area contributed by atoms with Crippen molar-refractivity contribution < 1.29 is 8.42 Å². The lowest BCUT2D eigenvalue weighted by molar-refractivity contribution is 0.326. The highest BCUT2D eigenvalue weighted by Crippen LogP contribution is 2.09. The van der Waals surface area contributed by atoms with Crippen molar-refractivity contribution in [2.24, 2.45) is 5.73 Å². The lowest BCUT2D eigenvalue weighted by Gasteiger charge is -2.28. The molecule has 0 radical (unpaired) electrons. The Balaban J connectivity index is 4.65. The second kappa shape index (κ2) is 5.65. The van der Waals surface area contributed by atoms with Crippen molar-refractivity contribution in [1.29, 1.82) is 0 Å². The summed E-state index contributed by atoms with van der Waals surface area (Å²) in [6.45, 7) is 4.70. The van der Waals surface area contributed by atoms with Gasteiger partial charge < -0.3 is 5.73 Å². The summed E-state index contributed by atoms with van der Waals surface area (Å²) in [6.07, 6.45) is 0.686. The molecule has 0 heterocycles. The highest BCUT2D eigenvalue weighted by Gasteiger charge is 2.26. The molecule has 0 rings (SSSR count). The van der Waals surface area contributed by atoms with Crippen molar-refractivity contribution in [3.8, 4) is 0 Å². The van der Waals surface area contributed by atoms with Crippen LogP contribution in [0.25, 0.3) is 0 Å². The van der Waals surface area contributed by atoms with Gasteiger partial charge in [-0.25, -0.2) is 0 Å². The molecular weight excluding hydrogens is 202 g/mol. The van der Waals surface area contributed by atoms with Gasteiger partial charge in [0, 0.05) is 26.7 Å². The number of hydrogen-bond donors (Lipinski definition) is 1. The molecule has 0 aliphatic rings. The molecule has 0 amide bonds. The highest BCUT2D eigenvalue weighted by atomic mass is 32.2. The van der Waals surface area contributed by atoms with E-state index in [2.05, 4.69) is 0 Å². The van der Waals surface area contributed by atoms with Gasteiger partial charge in [0.15, 0.2) is 0 Å². The first-order chi connectivity index (χ1) is 6.34. The zero-order valence-electron chi connectivity index (χ0n) is 9.40. The van der Waals surface area contributed by atoms with Crippen LogP contribution in [0.15, 0.2) is 0 Å². The summed E-state index contributed by atoms with van der Waals surface area (Å²) in [5, 5.41) is 0. The van der Waals surface area contributed by atoms with Crippen LogP contribution in [0.2, 0.25) is 0 Å². The van der Waals surface area contributed by atoms with E-state index in [9.17, 15) is 8.42 Å². The van der Waals surface area contributed by atoms with Crippen LogP contribution in [0, 0.1) is 0 Å². The van der Waals surface area contributed by atoms with E-state index in [4.69, 9.17) is 5.73 Å². The van der Waals surface area contributed by atoms with Gasteiger partial charge in [-0.1, -0.05) is 0 Å². The molecule has 5 nitrogen and oxygen atoms in total. The Morgan fingerprint density at radius 3 is 2.07 bits per heavy atom. The largest absolute Gasteiger partial charge is 0.330 e. The summed E-state index contributed by atoms with van der Waals surface area (Å²) in [4.78, 5) is 0. The Bertz CT molecular complexity index is 249. The molecule has 0 bridgehead atoms. The maximum Gasteiger partial charge on any atom is 0.281 e. The standard InChI is InChI=1S/C8H21N3O2S/c1-8(2)11(7-5-6-9)14(12,13)10(3)4/h8H,5-7,9H2,1-4H3. The van der Waals surface area contributed by atoms with Gasteiger partial charge in [-0.05, 0) is 26.8 Å². The fourth-order valence-corrected chi connectivity index (χ4v) is 2.41. The van der Waals surface area contributed by atoms with E-state index in [0.717, 1.165) is 0 Å². The van der Waals surface area contributed by atoms with Gasteiger partial charge in [0.25, 0.3) is 10.2 Å². The fourth-order valence-electron chi connectivity index (χ4n) is 1.10. The molecule has 0 aromatic heterocycles. The highest BCUT2D eigenvalue weighted by molar-refractivity contribution is 7.86. The van der Waals surface area contributed by atoms with Crippen molar-refractivity contribution in [1.82, 2.24) is 8.61 Å². The van der Waals surface area contributed by atoms with Gasteiger partial charge in [0.2, 0.25) is 0 Å². The predicted molar refractivity (Wildman–Crippen MR) is 58.1 cm³/mol. The lowest BCUT2D eigenvalue weighted by Crippen LogP contribution is -2.44. The van der Waals surface area contributed by atoms with Gasteiger partial charge in [0.1, 0.15) is 0 Å². The minimum absolute atomic E-state index is 0.0334. The van der Waals surface area contributed by atoms with Crippen molar-refractivity contribution in [2.45, 2.75) is 26.3 Å². The summed E-state index contributed by atoms with van der Waals surface area (Å²) in [5.41, 5.74) is 5.36. The number of nitrogens with zero attached hydrogens (tertiary/aromatic N) is 2. The van der Waals surface area contributed by atoms with Gasteiger partial charge in [0.05, 0.1) is 0 Å². The van der Waals surface area contributed by atoms with E-state index in [1.165, 1.54) is 22.7 Å². The van der Waals surface area contributed by atoms with E-state index >= 15 is 0 Å². The van der Waals surface area contributed by atoms with Gasteiger partial charge in [-0.15, -0.1) is 0 Å². The summed E-state index contributed by atoms with van der Waals surface area (Å²) < 4.78 is 26.3. The van der Waals surface area contributed by atoms with E-state index in [0.29, 0.717) is 19.5 Å². The summed E-state index contributed by atoms with van der Waals surface area (Å²) in [5.74, 6) is 0. The Labute approximate surface area is 87.0 Å². The SMILES string of the molecule is CC(C)N(CCCN)S(=O)(=O)N(C)C. The first-order valence-corrected chi connectivity index (χ1v) is 6.13. The molecule has 0 aliphatic carbocycles. The van der Waals surface area contributed by atoms with Crippen LogP contribution in [0.1, 0.15) is 20.3 Å². The molecule has 86 valence electrons. The minimum atomic E-state index is -3.30. The Morgan fingerprint density at radius 2 is 1.79 bits per heavy atom. The molecule has 14 heavy (non-hydrogen) atoms. The average Bonchev–Trinajstić information content (AvgIpc) is 2.03. The average molecular weight is 223 g/mol. The Morgan fingerprint density at radius 1 is 1.29 bits per heavy atom. The van der Waals surface area contributed by atoms with Crippen molar-refractivity contribution in [3.05, 3.63) is 0 Å². The van der Waals surface area contributed by atoms with Crippen LogP contribution < -0.4 is 5.73 Å². The van der Waals surface area contributed by atoms with Crippen molar-refractivity contribution in [2.75, 3.05) is 27.2 Å². The number of hydrogen-bond acceptors (Lipinski definition) is 3. The molecule has 0 spiro atoms.